The van der Waals surface area contributed by atoms with Gasteiger partial charge in [-0.25, -0.2) is 4.79 Å². The topological polar surface area (TPSA) is 88.3 Å². The highest BCUT2D eigenvalue weighted by molar-refractivity contribution is 5.96. The van der Waals surface area contributed by atoms with Crippen LogP contribution in [-0.4, -0.2) is 40.1 Å². The third-order valence-corrected chi connectivity index (χ3v) is 2.14. The van der Waals surface area contributed by atoms with E-state index in [0.29, 0.717) is 31.8 Å². The van der Waals surface area contributed by atoms with Gasteiger partial charge in [0.2, 0.25) is 11.8 Å². The molecule has 3 amide bonds. The van der Waals surface area contributed by atoms with E-state index in [2.05, 4.69) is 15.5 Å². The fraction of sp³-hybridized carbons (Fsp3) is 0.500. The van der Waals surface area contributed by atoms with Crippen LogP contribution in [0.4, 0.5) is 4.79 Å². The molecule has 0 atom stereocenters. The van der Waals surface area contributed by atoms with Crippen LogP contribution in [0, 0.1) is 0 Å². The number of urea groups is 1. The molecular formula is C8H10N4O3. The van der Waals surface area contributed by atoms with Crippen molar-refractivity contribution in [3.63, 3.8) is 0 Å². The average molecular weight is 210 g/mol. The first-order chi connectivity index (χ1) is 7.25. The summed E-state index contributed by atoms with van der Waals surface area (Å²) in [6.45, 7) is 0.917. The minimum Gasteiger partial charge on any atom is -0.340 e. The van der Waals surface area contributed by atoms with Gasteiger partial charge in [0.05, 0.1) is 0 Å². The molecule has 1 N–H and O–H groups in total. The fourth-order valence-corrected chi connectivity index (χ4v) is 1.35. The Morgan fingerprint density at radius 1 is 1.53 bits per heavy atom. The summed E-state index contributed by atoms with van der Waals surface area (Å²) in [7, 11) is 0. The summed E-state index contributed by atoms with van der Waals surface area (Å²) in [4.78, 5) is 27.5. The van der Waals surface area contributed by atoms with Gasteiger partial charge in [-0.3, -0.25) is 10.1 Å². The Bertz CT molecular complexity index is 362. The van der Waals surface area contributed by atoms with Gasteiger partial charge in [0, 0.05) is 25.9 Å². The summed E-state index contributed by atoms with van der Waals surface area (Å²) in [6, 6.07) is -0.356. The number of amides is 3. The minimum absolute atomic E-state index is 0.228. The van der Waals surface area contributed by atoms with E-state index in [1.165, 1.54) is 6.33 Å². The van der Waals surface area contributed by atoms with Crippen molar-refractivity contribution in [3.05, 3.63) is 12.2 Å². The van der Waals surface area contributed by atoms with Gasteiger partial charge in [0.1, 0.15) is 0 Å². The normalized spacial score (nSPS) is 16.7. The summed E-state index contributed by atoms with van der Waals surface area (Å²) in [5, 5.41) is 5.70. The molecular weight excluding hydrogens is 200 g/mol. The first-order valence-corrected chi connectivity index (χ1v) is 4.60. The van der Waals surface area contributed by atoms with E-state index < -0.39 is 0 Å². The molecule has 7 nitrogen and oxygen atoms in total. The molecule has 1 aromatic heterocycles. The fourth-order valence-electron chi connectivity index (χ4n) is 1.35. The van der Waals surface area contributed by atoms with Gasteiger partial charge >= 0.3 is 6.03 Å². The number of imide groups is 1. The van der Waals surface area contributed by atoms with Crippen molar-refractivity contribution in [1.82, 2.24) is 20.4 Å². The average Bonchev–Trinajstić information content (AvgIpc) is 2.69. The van der Waals surface area contributed by atoms with Crippen molar-refractivity contribution in [2.45, 2.75) is 12.8 Å². The molecule has 0 spiro atoms. The van der Waals surface area contributed by atoms with Crippen molar-refractivity contribution >= 4 is 11.9 Å². The number of nitrogens with zero attached hydrogens (tertiary/aromatic N) is 3. The Morgan fingerprint density at radius 2 is 2.40 bits per heavy atom. The number of carbonyl (C=O) groups is 2. The monoisotopic (exact) mass is 210 g/mol. The van der Waals surface area contributed by atoms with Gasteiger partial charge in [0.25, 0.3) is 0 Å². The lowest BCUT2D eigenvalue weighted by molar-refractivity contribution is -0.121. The first kappa shape index (κ1) is 9.63. The molecule has 80 valence electrons. The standard InChI is InChI=1S/C8H10N4O3/c13-6-1-3-12(8(14)11-6)4-2-7-9-5-10-15-7/h5H,1-4H2,(H,11,13,14). The highest BCUT2D eigenvalue weighted by Gasteiger charge is 2.22. The molecule has 1 aromatic rings. The molecule has 7 heteroatoms. The van der Waals surface area contributed by atoms with Crippen LogP contribution in [0.15, 0.2) is 10.9 Å². The molecule has 0 aliphatic carbocycles. The molecule has 0 aromatic carbocycles. The van der Waals surface area contributed by atoms with Gasteiger partial charge < -0.3 is 9.42 Å². The first-order valence-electron chi connectivity index (χ1n) is 4.60. The van der Waals surface area contributed by atoms with Crippen LogP contribution >= 0.6 is 0 Å². The second kappa shape index (κ2) is 4.07. The summed E-state index contributed by atoms with van der Waals surface area (Å²) in [6.07, 6.45) is 2.16. The van der Waals surface area contributed by atoms with Crippen molar-refractivity contribution in [1.29, 1.82) is 0 Å². The van der Waals surface area contributed by atoms with Crippen LogP contribution in [0.25, 0.3) is 0 Å². The third-order valence-electron chi connectivity index (χ3n) is 2.14. The van der Waals surface area contributed by atoms with Gasteiger partial charge in [-0.2, -0.15) is 4.98 Å². The number of rotatable bonds is 3. The quantitative estimate of drug-likeness (QED) is 0.730. The maximum atomic E-state index is 11.3. The van der Waals surface area contributed by atoms with E-state index >= 15 is 0 Å². The van der Waals surface area contributed by atoms with Crippen LogP contribution in [0.3, 0.4) is 0 Å². The van der Waals surface area contributed by atoms with Crippen molar-refractivity contribution < 1.29 is 14.1 Å². The molecule has 0 radical (unpaired) electrons. The Balaban J connectivity index is 1.85. The Morgan fingerprint density at radius 3 is 3.07 bits per heavy atom. The summed E-state index contributed by atoms with van der Waals surface area (Å²) in [5.74, 6) is 0.258. The van der Waals surface area contributed by atoms with E-state index in [4.69, 9.17) is 4.52 Å². The number of hydrogen-bond donors (Lipinski definition) is 1. The largest absolute Gasteiger partial charge is 0.340 e. The zero-order valence-corrected chi connectivity index (χ0v) is 7.97. The second-order valence-corrected chi connectivity index (χ2v) is 3.18. The van der Waals surface area contributed by atoms with Gasteiger partial charge in [-0.1, -0.05) is 5.16 Å². The van der Waals surface area contributed by atoms with E-state index in [1.54, 1.807) is 4.90 Å². The Labute approximate surface area is 85.4 Å². The highest BCUT2D eigenvalue weighted by Crippen LogP contribution is 2.02. The summed E-state index contributed by atoms with van der Waals surface area (Å²) >= 11 is 0. The maximum Gasteiger partial charge on any atom is 0.324 e. The van der Waals surface area contributed by atoms with E-state index in [1.807, 2.05) is 0 Å². The maximum absolute atomic E-state index is 11.3. The molecule has 0 unspecified atom stereocenters. The van der Waals surface area contributed by atoms with E-state index in [0.717, 1.165) is 0 Å². The molecule has 2 rings (SSSR count). The van der Waals surface area contributed by atoms with Crippen molar-refractivity contribution in [2.75, 3.05) is 13.1 Å². The predicted molar refractivity (Wildman–Crippen MR) is 47.7 cm³/mol. The molecule has 15 heavy (non-hydrogen) atoms. The SMILES string of the molecule is O=C1CCN(CCc2ncno2)C(=O)N1. The molecule has 1 aliphatic heterocycles. The number of hydrogen-bond acceptors (Lipinski definition) is 5. The number of aromatic nitrogens is 2. The third kappa shape index (κ3) is 2.30. The van der Waals surface area contributed by atoms with Crippen LogP contribution in [0.2, 0.25) is 0 Å². The summed E-state index contributed by atoms with van der Waals surface area (Å²) < 4.78 is 4.79. The highest BCUT2D eigenvalue weighted by atomic mass is 16.5. The lowest BCUT2D eigenvalue weighted by Crippen LogP contribution is -2.49. The van der Waals surface area contributed by atoms with Crippen LogP contribution in [-0.2, 0) is 11.2 Å². The van der Waals surface area contributed by atoms with E-state index in [9.17, 15) is 9.59 Å². The lowest BCUT2D eigenvalue weighted by atomic mass is 10.3. The minimum atomic E-state index is -0.356. The molecule has 1 fully saturated rings. The van der Waals surface area contributed by atoms with Gasteiger partial charge in [-0.05, 0) is 0 Å². The van der Waals surface area contributed by atoms with Crippen LogP contribution in [0.1, 0.15) is 12.3 Å². The Kier molecular flexibility index (Phi) is 2.61. The van der Waals surface area contributed by atoms with Crippen LogP contribution < -0.4 is 5.32 Å². The number of carbonyl (C=O) groups excluding carboxylic acids is 2. The number of nitrogens with one attached hydrogen (secondary N) is 1. The Hall–Kier alpha value is -1.92. The van der Waals surface area contributed by atoms with Gasteiger partial charge in [0.15, 0.2) is 6.33 Å². The van der Waals surface area contributed by atoms with E-state index in [-0.39, 0.29) is 11.9 Å². The molecule has 0 bridgehead atoms. The lowest BCUT2D eigenvalue weighted by Gasteiger charge is -2.25. The smallest absolute Gasteiger partial charge is 0.324 e. The zero-order valence-electron chi connectivity index (χ0n) is 7.97. The second-order valence-electron chi connectivity index (χ2n) is 3.18. The zero-order chi connectivity index (χ0) is 10.7. The molecule has 1 saturated heterocycles. The van der Waals surface area contributed by atoms with Crippen molar-refractivity contribution in [2.24, 2.45) is 0 Å². The van der Waals surface area contributed by atoms with Crippen LogP contribution in [0.5, 0.6) is 0 Å². The summed E-state index contributed by atoms with van der Waals surface area (Å²) in [5.41, 5.74) is 0. The molecule has 2 heterocycles. The predicted octanol–water partition coefficient (Wildman–Crippen LogP) is -0.446. The molecule has 1 aliphatic rings. The van der Waals surface area contributed by atoms with Gasteiger partial charge in [-0.15, -0.1) is 0 Å². The van der Waals surface area contributed by atoms with Crippen molar-refractivity contribution in [3.8, 4) is 0 Å². The molecule has 0 saturated carbocycles.